The van der Waals surface area contributed by atoms with Gasteiger partial charge in [-0.25, -0.2) is 0 Å². The zero-order valence-electron chi connectivity index (χ0n) is 8.76. The molecule has 1 aliphatic carbocycles. The summed E-state index contributed by atoms with van der Waals surface area (Å²) in [4.78, 5) is 22.0. The van der Waals surface area contributed by atoms with E-state index in [9.17, 15) is 22.8 Å². The van der Waals surface area contributed by atoms with Crippen molar-refractivity contribution in [2.75, 3.05) is 6.54 Å². The van der Waals surface area contributed by atoms with Gasteiger partial charge in [0.25, 0.3) is 0 Å². The van der Waals surface area contributed by atoms with E-state index in [1.54, 1.807) is 19.2 Å². The van der Waals surface area contributed by atoms with Gasteiger partial charge < -0.3 is 10.4 Å². The molecule has 92 valence electrons. The third-order valence-electron chi connectivity index (χ3n) is 2.84. The van der Waals surface area contributed by atoms with Crippen LogP contribution in [0.4, 0.5) is 13.2 Å². The Kier molecular flexibility index (Phi) is 2.91. The molecule has 0 heterocycles. The molecule has 4 nitrogen and oxygen atoms in total. The number of amides is 1. The third-order valence-corrected chi connectivity index (χ3v) is 2.84. The molecule has 16 heavy (non-hydrogen) atoms. The molecule has 1 amide bonds. The number of carbonyl (C=O) groups excluding carboxylic acids is 1. The molecule has 1 rings (SSSR count). The van der Waals surface area contributed by atoms with Gasteiger partial charge >= 0.3 is 12.1 Å². The Labute approximate surface area is 89.8 Å². The van der Waals surface area contributed by atoms with Gasteiger partial charge in [0.15, 0.2) is 0 Å². The van der Waals surface area contributed by atoms with Crippen LogP contribution in [0.5, 0.6) is 0 Å². The average molecular weight is 239 g/mol. The maximum absolute atomic E-state index is 11.8. The number of rotatable bonds is 3. The third kappa shape index (κ3) is 2.45. The number of halogens is 3. The molecule has 0 aromatic heterocycles. The van der Waals surface area contributed by atoms with E-state index in [0.717, 1.165) is 0 Å². The smallest absolute Gasteiger partial charge is 0.405 e. The topological polar surface area (TPSA) is 66.4 Å². The van der Waals surface area contributed by atoms with Crippen molar-refractivity contribution in [1.29, 1.82) is 0 Å². The van der Waals surface area contributed by atoms with Crippen LogP contribution in [-0.4, -0.2) is 29.7 Å². The van der Waals surface area contributed by atoms with E-state index in [0.29, 0.717) is 0 Å². The summed E-state index contributed by atoms with van der Waals surface area (Å²) in [6.07, 6.45) is -4.48. The summed E-state index contributed by atoms with van der Waals surface area (Å²) in [5.74, 6) is -3.79. The molecule has 2 atom stereocenters. The number of nitrogens with one attached hydrogen (secondary N) is 1. The monoisotopic (exact) mass is 239 g/mol. The normalized spacial score (nSPS) is 27.3. The van der Waals surface area contributed by atoms with E-state index in [-0.39, 0.29) is 0 Å². The van der Waals surface area contributed by atoms with Gasteiger partial charge in [-0.05, 0) is 5.41 Å². The highest BCUT2D eigenvalue weighted by atomic mass is 19.4. The predicted molar refractivity (Wildman–Crippen MR) is 47.5 cm³/mol. The summed E-state index contributed by atoms with van der Waals surface area (Å²) in [7, 11) is 0. The van der Waals surface area contributed by atoms with Crippen LogP contribution >= 0.6 is 0 Å². The summed E-state index contributed by atoms with van der Waals surface area (Å²) >= 11 is 0. The lowest BCUT2D eigenvalue weighted by atomic mass is 10.1. The standard InChI is InChI=1S/C9H12F3NO3/c1-8(2)4(5(8)7(15)16)6(14)13-3-9(10,11)12/h4-5H,3H2,1-2H3,(H,13,14)(H,15,16)/t4-,5+/m1/s1. The van der Waals surface area contributed by atoms with Crippen LogP contribution in [0.3, 0.4) is 0 Å². The van der Waals surface area contributed by atoms with Crippen LogP contribution < -0.4 is 5.32 Å². The molecule has 0 aromatic carbocycles. The molecule has 1 fully saturated rings. The maximum Gasteiger partial charge on any atom is 0.405 e. The van der Waals surface area contributed by atoms with E-state index in [2.05, 4.69) is 0 Å². The molecule has 0 unspecified atom stereocenters. The summed E-state index contributed by atoms with van der Waals surface area (Å²) in [5.41, 5.74) is -0.776. The van der Waals surface area contributed by atoms with E-state index in [1.165, 1.54) is 0 Å². The number of carboxylic acid groups (broad SMARTS) is 1. The number of alkyl halides is 3. The minimum Gasteiger partial charge on any atom is -0.481 e. The summed E-state index contributed by atoms with van der Waals surface area (Å²) in [5, 5.41) is 10.4. The first-order chi connectivity index (χ1) is 7.07. The molecule has 1 aliphatic rings. The molecule has 0 bridgehead atoms. The van der Waals surface area contributed by atoms with Crippen LogP contribution in [0.15, 0.2) is 0 Å². The Balaban J connectivity index is 2.55. The Morgan fingerprint density at radius 2 is 1.81 bits per heavy atom. The lowest BCUT2D eigenvalue weighted by molar-refractivity contribution is -0.142. The Morgan fingerprint density at radius 3 is 2.12 bits per heavy atom. The van der Waals surface area contributed by atoms with Crippen molar-refractivity contribution in [3.63, 3.8) is 0 Å². The second kappa shape index (κ2) is 3.64. The van der Waals surface area contributed by atoms with Crippen LogP contribution in [0.2, 0.25) is 0 Å². The van der Waals surface area contributed by atoms with E-state index in [1.807, 2.05) is 0 Å². The van der Waals surface area contributed by atoms with Gasteiger partial charge in [-0.2, -0.15) is 13.2 Å². The SMILES string of the molecule is CC1(C)[C@H](C(=O)O)[C@@H]1C(=O)NCC(F)(F)F. The van der Waals surface area contributed by atoms with Crippen molar-refractivity contribution in [2.45, 2.75) is 20.0 Å². The maximum atomic E-state index is 11.8. The van der Waals surface area contributed by atoms with Crippen molar-refractivity contribution in [3.8, 4) is 0 Å². The molecule has 0 spiro atoms. The largest absolute Gasteiger partial charge is 0.481 e. The quantitative estimate of drug-likeness (QED) is 0.772. The second-order valence-electron chi connectivity index (χ2n) is 4.45. The minimum absolute atomic E-state index is 0.776. The van der Waals surface area contributed by atoms with Crippen molar-refractivity contribution in [3.05, 3.63) is 0 Å². The van der Waals surface area contributed by atoms with E-state index in [4.69, 9.17) is 5.11 Å². The van der Waals surface area contributed by atoms with Crippen LogP contribution in [0, 0.1) is 17.3 Å². The highest BCUT2D eigenvalue weighted by molar-refractivity contribution is 5.91. The molecule has 0 aliphatic heterocycles. The van der Waals surface area contributed by atoms with Crippen LogP contribution in [-0.2, 0) is 9.59 Å². The highest BCUT2D eigenvalue weighted by Gasteiger charge is 2.65. The van der Waals surface area contributed by atoms with Gasteiger partial charge in [0.1, 0.15) is 6.54 Å². The molecule has 2 N–H and O–H groups in total. The average Bonchev–Trinajstić information content (AvgIpc) is 2.63. The van der Waals surface area contributed by atoms with Crippen molar-refractivity contribution in [2.24, 2.45) is 17.3 Å². The molecule has 0 saturated heterocycles. The zero-order valence-corrected chi connectivity index (χ0v) is 8.76. The fraction of sp³-hybridized carbons (Fsp3) is 0.778. The number of carbonyl (C=O) groups is 2. The van der Waals surface area contributed by atoms with Gasteiger partial charge in [0.05, 0.1) is 11.8 Å². The second-order valence-corrected chi connectivity index (χ2v) is 4.45. The molecule has 0 radical (unpaired) electrons. The summed E-state index contributed by atoms with van der Waals surface area (Å²) in [6.45, 7) is 1.66. The summed E-state index contributed by atoms with van der Waals surface area (Å²) < 4.78 is 35.5. The number of aliphatic carboxylic acids is 1. The van der Waals surface area contributed by atoms with Crippen molar-refractivity contribution in [1.82, 2.24) is 5.32 Å². The molecule has 1 saturated carbocycles. The summed E-state index contributed by atoms with van der Waals surface area (Å²) in [6, 6.07) is 0. The van der Waals surface area contributed by atoms with Gasteiger partial charge in [-0.3, -0.25) is 9.59 Å². The fourth-order valence-electron chi connectivity index (χ4n) is 1.89. The molecular formula is C9H12F3NO3. The Bertz CT molecular complexity index is 324. The van der Waals surface area contributed by atoms with E-state index < -0.39 is 41.8 Å². The lowest BCUT2D eigenvalue weighted by Crippen LogP contribution is -2.35. The lowest BCUT2D eigenvalue weighted by Gasteiger charge is -2.08. The Hall–Kier alpha value is -1.27. The minimum atomic E-state index is -4.48. The van der Waals surface area contributed by atoms with Gasteiger partial charge in [0.2, 0.25) is 5.91 Å². The molecule has 7 heteroatoms. The molecule has 0 aromatic rings. The van der Waals surface area contributed by atoms with Gasteiger partial charge in [-0.1, -0.05) is 13.8 Å². The van der Waals surface area contributed by atoms with Crippen molar-refractivity contribution < 1.29 is 27.9 Å². The molecular weight excluding hydrogens is 227 g/mol. The van der Waals surface area contributed by atoms with Crippen molar-refractivity contribution >= 4 is 11.9 Å². The first-order valence-electron chi connectivity index (χ1n) is 4.64. The van der Waals surface area contributed by atoms with Crippen LogP contribution in [0.1, 0.15) is 13.8 Å². The van der Waals surface area contributed by atoms with Gasteiger partial charge in [-0.15, -0.1) is 0 Å². The predicted octanol–water partition coefficient (Wildman–Crippen LogP) is 1.02. The number of hydrogen-bond donors (Lipinski definition) is 2. The first-order valence-corrected chi connectivity index (χ1v) is 4.64. The Morgan fingerprint density at radius 1 is 1.31 bits per heavy atom. The number of hydrogen-bond acceptors (Lipinski definition) is 2. The highest BCUT2D eigenvalue weighted by Crippen LogP contribution is 2.58. The fourth-order valence-corrected chi connectivity index (χ4v) is 1.89. The first kappa shape index (κ1) is 12.8. The number of carboxylic acids is 1. The zero-order chi connectivity index (χ0) is 12.7. The van der Waals surface area contributed by atoms with Gasteiger partial charge in [0, 0.05) is 0 Å². The van der Waals surface area contributed by atoms with E-state index >= 15 is 0 Å². The van der Waals surface area contributed by atoms with Crippen LogP contribution in [0.25, 0.3) is 0 Å².